The van der Waals surface area contributed by atoms with Gasteiger partial charge in [-0.25, -0.2) is 9.97 Å². The van der Waals surface area contributed by atoms with Gasteiger partial charge in [-0.3, -0.25) is 9.59 Å². The van der Waals surface area contributed by atoms with Crippen LogP contribution in [0, 0.1) is 6.92 Å². The number of anilines is 1. The molecule has 114 valence electrons. The molecule has 0 radical (unpaired) electrons. The fourth-order valence-electron chi connectivity index (χ4n) is 2.21. The van der Waals surface area contributed by atoms with Crippen molar-refractivity contribution in [2.45, 2.75) is 32.2 Å². The van der Waals surface area contributed by atoms with Crippen LogP contribution in [0.5, 0.6) is 0 Å². The Balaban J connectivity index is 2.11. The zero-order valence-electron chi connectivity index (χ0n) is 12.6. The summed E-state index contributed by atoms with van der Waals surface area (Å²) in [5, 5.41) is 5.57. The molecule has 1 atom stereocenters. The average Bonchev–Trinajstić information content (AvgIpc) is 2.63. The Kier molecular flexibility index (Phi) is 4.72. The van der Waals surface area contributed by atoms with Gasteiger partial charge in [-0.15, -0.1) is 0 Å². The number of nitrogens with one attached hydrogen (secondary N) is 2. The molecule has 0 aliphatic carbocycles. The van der Waals surface area contributed by atoms with Gasteiger partial charge in [-0.05, 0) is 26.2 Å². The van der Waals surface area contributed by atoms with Gasteiger partial charge < -0.3 is 15.5 Å². The summed E-state index contributed by atoms with van der Waals surface area (Å²) >= 11 is 0. The van der Waals surface area contributed by atoms with Gasteiger partial charge >= 0.3 is 0 Å². The van der Waals surface area contributed by atoms with E-state index >= 15 is 0 Å². The molecule has 1 aromatic heterocycles. The molecule has 1 unspecified atom stereocenters. The maximum absolute atomic E-state index is 12.3. The summed E-state index contributed by atoms with van der Waals surface area (Å²) in [5.74, 6) is 0.125. The normalized spacial score (nSPS) is 18.6. The van der Waals surface area contributed by atoms with Crippen molar-refractivity contribution < 1.29 is 9.59 Å². The van der Waals surface area contributed by atoms with Crippen LogP contribution in [0.4, 0.5) is 5.95 Å². The van der Waals surface area contributed by atoms with Crippen LogP contribution in [0.2, 0.25) is 0 Å². The van der Waals surface area contributed by atoms with E-state index in [4.69, 9.17) is 0 Å². The molecular weight excluding hydrogens is 270 g/mol. The summed E-state index contributed by atoms with van der Waals surface area (Å²) in [4.78, 5) is 34.3. The third kappa shape index (κ3) is 3.68. The lowest BCUT2D eigenvalue weighted by atomic mass is 10.1. The second-order valence-electron chi connectivity index (χ2n) is 5.38. The van der Waals surface area contributed by atoms with Crippen molar-refractivity contribution in [1.29, 1.82) is 0 Å². The first-order valence-electron chi connectivity index (χ1n) is 7.08. The van der Waals surface area contributed by atoms with Gasteiger partial charge in [0.25, 0.3) is 5.91 Å². The minimum Gasteiger partial charge on any atom is -0.354 e. The molecule has 1 aliphatic heterocycles. The third-order valence-electron chi connectivity index (χ3n) is 3.45. The van der Waals surface area contributed by atoms with Crippen LogP contribution in [0.25, 0.3) is 0 Å². The lowest BCUT2D eigenvalue weighted by molar-refractivity contribution is -0.122. The molecule has 21 heavy (non-hydrogen) atoms. The van der Waals surface area contributed by atoms with E-state index in [9.17, 15) is 9.59 Å². The number of nitrogens with zero attached hydrogens (tertiary/aromatic N) is 3. The largest absolute Gasteiger partial charge is 0.354 e. The van der Waals surface area contributed by atoms with Crippen molar-refractivity contribution >= 4 is 17.8 Å². The average molecular weight is 291 g/mol. The molecule has 7 nitrogen and oxygen atoms in total. The van der Waals surface area contributed by atoms with Crippen LogP contribution in [-0.4, -0.2) is 48.5 Å². The minimum absolute atomic E-state index is 0.121. The molecule has 1 saturated heterocycles. The zero-order valence-corrected chi connectivity index (χ0v) is 12.6. The Morgan fingerprint density at radius 3 is 2.86 bits per heavy atom. The van der Waals surface area contributed by atoms with Crippen LogP contribution >= 0.6 is 0 Å². The van der Waals surface area contributed by atoms with Gasteiger partial charge in [0.15, 0.2) is 0 Å². The second kappa shape index (κ2) is 6.51. The molecular formula is C14H21N5O2. The van der Waals surface area contributed by atoms with Crippen LogP contribution in [0.3, 0.4) is 0 Å². The standard InChI is InChI=1S/C14H21N5O2/c1-9-10(8-16-14(17-9)19(2)3)12(20)18-11-6-4-5-7-15-13(11)21/h8,11H,4-7H2,1-3H3,(H,15,21)(H,18,20). The number of rotatable bonds is 3. The summed E-state index contributed by atoms with van der Waals surface area (Å²) in [6, 6.07) is -0.479. The van der Waals surface area contributed by atoms with Gasteiger partial charge in [0.05, 0.1) is 11.3 Å². The fourth-order valence-corrected chi connectivity index (χ4v) is 2.21. The summed E-state index contributed by atoms with van der Waals surface area (Å²) in [6.45, 7) is 2.43. The highest BCUT2D eigenvalue weighted by atomic mass is 16.2. The van der Waals surface area contributed by atoms with E-state index in [1.54, 1.807) is 11.8 Å². The third-order valence-corrected chi connectivity index (χ3v) is 3.45. The highest BCUT2D eigenvalue weighted by molar-refractivity contribution is 5.98. The molecule has 0 spiro atoms. The van der Waals surface area contributed by atoms with Gasteiger partial charge in [0.1, 0.15) is 6.04 Å². The first kappa shape index (κ1) is 15.2. The van der Waals surface area contributed by atoms with Crippen molar-refractivity contribution in [2.75, 3.05) is 25.5 Å². The van der Waals surface area contributed by atoms with Crippen LogP contribution < -0.4 is 15.5 Å². The molecule has 0 saturated carbocycles. The van der Waals surface area contributed by atoms with Gasteiger partial charge in [-0.1, -0.05) is 0 Å². The topological polar surface area (TPSA) is 87.2 Å². The summed E-state index contributed by atoms with van der Waals surface area (Å²) < 4.78 is 0. The van der Waals surface area contributed by atoms with Crippen molar-refractivity contribution in [3.05, 3.63) is 17.5 Å². The van der Waals surface area contributed by atoms with E-state index < -0.39 is 6.04 Å². The number of carbonyl (C=O) groups excluding carboxylic acids is 2. The van der Waals surface area contributed by atoms with Gasteiger partial charge in [-0.2, -0.15) is 0 Å². The molecule has 1 aliphatic rings. The maximum atomic E-state index is 12.3. The van der Waals surface area contributed by atoms with Crippen LogP contribution in [0.1, 0.15) is 35.3 Å². The number of carbonyl (C=O) groups is 2. The molecule has 0 aromatic carbocycles. The summed E-state index contributed by atoms with van der Waals surface area (Å²) in [7, 11) is 3.68. The second-order valence-corrected chi connectivity index (χ2v) is 5.38. The van der Waals surface area contributed by atoms with E-state index in [0.29, 0.717) is 30.2 Å². The molecule has 2 amide bonds. The fraction of sp³-hybridized carbons (Fsp3) is 0.571. The lowest BCUT2D eigenvalue weighted by Crippen LogP contribution is -2.45. The highest BCUT2D eigenvalue weighted by Gasteiger charge is 2.24. The molecule has 1 fully saturated rings. The van der Waals surface area contributed by atoms with Crippen molar-refractivity contribution in [1.82, 2.24) is 20.6 Å². The Morgan fingerprint density at radius 2 is 2.19 bits per heavy atom. The predicted octanol–water partition coefficient (Wildman–Crippen LogP) is 0.250. The van der Waals surface area contributed by atoms with Crippen molar-refractivity contribution in [3.8, 4) is 0 Å². The molecule has 2 heterocycles. The summed E-state index contributed by atoms with van der Waals surface area (Å²) in [6.07, 6.45) is 4.02. The SMILES string of the molecule is Cc1nc(N(C)C)ncc1C(=O)NC1CCCCNC1=O. The Bertz CT molecular complexity index is 544. The van der Waals surface area contributed by atoms with Crippen molar-refractivity contribution in [3.63, 3.8) is 0 Å². The van der Waals surface area contributed by atoms with E-state index in [1.807, 2.05) is 14.1 Å². The summed E-state index contributed by atoms with van der Waals surface area (Å²) in [5.41, 5.74) is 0.998. The van der Waals surface area contributed by atoms with E-state index in [1.165, 1.54) is 6.20 Å². The Hall–Kier alpha value is -2.18. The Morgan fingerprint density at radius 1 is 1.43 bits per heavy atom. The Labute approximate surface area is 124 Å². The number of aryl methyl sites for hydroxylation is 1. The van der Waals surface area contributed by atoms with Crippen LogP contribution in [0.15, 0.2) is 6.20 Å². The molecule has 0 bridgehead atoms. The zero-order chi connectivity index (χ0) is 15.4. The smallest absolute Gasteiger partial charge is 0.255 e. The molecule has 2 N–H and O–H groups in total. The first-order valence-corrected chi connectivity index (χ1v) is 7.08. The predicted molar refractivity (Wildman–Crippen MR) is 79.2 cm³/mol. The van der Waals surface area contributed by atoms with E-state index in [0.717, 1.165) is 12.8 Å². The number of hydrogen-bond acceptors (Lipinski definition) is 5. The van der Waals surface area contributed by atoms with Gasteiger partial charge in [0, 0.05) is 26.8 Å². The monoisotopic (exact) mass is 291 g/mol. The molecule has 1 aromatic rings. The molecule has 7 heteroatoms. The minimum atomic E-state index is -0.479. The van der Waals surface area contributed by atoms with E-state index in [-0.39, 0.29) is 11.8 Å². The van der Waals surface area contributed by atoms with Gasteiger partial charge in [0.2, 0.25) is 11.9 Å². The molecule has 2 rings (SSSR count). The number of amides is 2. The van der Waals surface area contributed by atoms with E-state index in [2.05, 4.69) is 20.6 Å². The number of hydrogen-bond donors (Lipinski definition) is 2. The quantitative estimate of drug-likeness (QED) is 0.833. The highest BCUT2D eigenvalue weighted by Crippen LogP contribution is 2.11. The maximum Gasteiger partial charge on any atom is 0.255 e. The lowest BCUT2D eigenvalue weighted by Gasteiger charge is -2.16. The van der Waals surface area contributed by atoms with Crippen molar-refractivity contribution in [2.24, 2.45) is 0 Å². The first-order chi connectivity index (χ1) is 9.99. The van der Waals surface area contributed by atoms with Crippen LogP contribution in [-0.2, 0) is 4.79 Å². The number of aromatic nitrogens is 2.